The molecule has 8 nitrogen and oxygen atoms in total. The van der Waals surface area contributed by atoms with Crippen LogP contribution >= 0.6 is 0 Å². The number of carbonyl (C=O) groups excluding carboxylic acids is 1. The van der Waals surface area contributed by atoms with Gasteiger partial charge in [0, 0.05) is 43.3 Å². The Morgan fingerprint density at radius 2 is 2.03 bits per heavy atom. The summed E-state index contributed by atoms with van der Waals surface area (Å²) in [6.45, 7) is 6.98. The second kappa shape index (κ2) is 9.15. The highest BCUT2D eigenvalue weighted by Crippen LogP contribution is 2.50. The number of aromatic nitrogens is 2. The molecule has 0 saturated carbocycles. The number of ether oxygens (including phenoxy) is 1. The molecule has 36 heavy (non-hydrogen) atoms. The number of aryl methyl sites for hydroxylation is 1. The summed E-state index contributed by atoms with van der Waals surface area (Å²) in [5.74, 6) is 0.804. The molecule has 9 heteroatoms. The van der Waals surface area contributed by atoms with E-state index in [1.165, 1.54) is 11.1 Å². The molecule has 3 atom stereocenters. The largest absolute Gasteiger partial charge is 0.444 e. The summed E-state index contributed by atoms with van der Waals surface area (Å²) in [6.07, 6.45) is 5.20. The summed E-state index contributed by atoms with van der Waals surface area (Å²) >= 11 is 0. The van der Waals surface area contributed by atoms with Crippen LogP contribution in [0.5, 0.6) is 0 Å². The van der Waals surface area contributed by atoms with E-state index >= 15 is 0 Å². The van der Waals surface area contributed by atoms with Crippen molar-refractivity contribution in [3.8, 4) is 6.07 Å². The lowest BCUT2D eigenvalue weighted by Gasteiger charge is -2.42. The molecular weight excluding hydrogens is 474 g/mol. The Morgan fingerprint density at radius 1 is 1.25 bits per heavy atom. The Labute approximate surface area is 215 Å². The van der Waals surface area contributed by atoms with E-state index < -0.39 is 22.5 Å². The molecule has 2 aliphatic carbocycles. The monoisotopic (exact) mass is 507 g/mol. The molecule has 1 aromatic heterocycles. The van der Waals surface area contributed by atoms with Gasteiger partial charge >= 0.3 is 6.09 Å². The molecule has 0 bridgehead atoms. The van der Waals surface area contributed by atoms with Gasteiger partial charge in [-0.25, -0.2) is 14.8 Å². The number of amides is 1. The number of hydrogen-bond donors (Lipinski definition) is 0. The predicted molar refractivity (Wildman–Crippen MR) is 137 cm³/mol. The number of nitrogens with zero attached hydrogens (tertiary/aromatic N) is 5. The van der Waals surface area contributed by atoms with Gasteiger partial charge in [-0.15, -0.1) is 0 Å². The van der Waals surface area contributed by atoms with Gasteiger partial charge in [0.05, 0.1) is 35.0 Å². The van der Waals surface area contributed by atoms with E-state index in [4.69, 9.17) is 14.7 Å². The van der Waals surface area contributed by atoms with Crippen molar-refractivity contribution in [2.75, 3.05) is 30.8 Å². The van der Waals surface area contributed by atoms with Crippen LogP contribution in [-0.4, -0.2) is 62.7 Å². The zero-order chi connectivity index (χ0) is 25.7. The van der Waals surface area contributed by atoms with Gasteiger partial charge in [0.2, 0.25) is 5.16 Å². The van der Waals surface area contributed by atoms with Gasteiger partial charge in [-0.05, 0) is 51.2 Å². The van der Waals surface area contributed by atoms with Crippen molar-refractivity contribution in [1.29, 1.82) is 5.26 Å². The summed E-state index contributed by atoms with van der Waals surface area (Å²) < 4.78 is 18.1. The van der Waals surface area contributed by atoms with Gasteiger partial charge in [0.1, 0.15) is 11.4 Å². The first-order valence-electron chi connectivity index (χ1n) is 12.5. The Morgan fingerprint density at radius 3 is 2.75 bits per heavy atom. The molecule has 5 rings (SSSR count). The van der Waals surface area contributed by atoms with Crippen molar-refractivity contribution < 1.29 is 13.7 Å². The summed E-state index contributed by atoms with van der Waals surface area (Å²) in [4.78, 5) is 26.3. The fourth-order valence-corrected chi connectivity index (χ4v) is 6.41. The standard InChI is InChI=1S/C27H33N5O3S/c1-26(2,3)35-25(33)32-14-13-31(17-19(32)10-12-28)23-20-15-27(11-9-18-7-5-6-8-21(18)27)16-22(20)29-24(30-23)36(4)34/h5-8,19H,9-11,13-17H2,1-4H3/t19-,27?,36?/m0/s1. The quantitative estimate of drug-likeness (QED) is 0.586. The van der Waals surface area contributed by atoms with Gasteiger partial charge in [-0.1, -0.05) is 24.3 Å². The minimum Gasteiger partial charge on any atom is -0.444 e. The third-order valence-corrected chi connectivity index (χ3v) is 8.22. The normalized spacial score (nSPS) is 23.8. The average molecular weight is 508 g/mol. The molecule has 0 radical (unpaired) electrons. The number of nitriles is 1. The van der Waals surface area contributed by atoms with Gasteiger partial charge in [-0.3, -0.25) is 4.21 Å². The third kappa shape index (κ3) is 4.47. The van der Waals surface area contributed by atoms with Crippen molar-refractivity contribution in [3.05, 3.63) is 46.6 Å². The van der Waals surface area contributed by atoms with Gasteiger partial charge < -0.3 is 14.5 Å². The first-order chi connectivity index (χ1) is 17.1. The topological polar surface area (TPSA) is 99.4 Å². The van der Waals surface area contributed by atoms with Crippen LogP contribution in [0.25, 0.3) is 0 Å². The van der Waals surface area contributed by atoms with Crippen molar-refractivity contribution in [2.24, 2.45) is 0 Å². The van der Waals surface area contributed by atoms with Crippen LogP contribution in [0.2, 0.25) is 0 Å². The number of hydrogen-bond acceptors (Lipinski definition) is 7. The van der Waals surface area contributed by atoms with E-state index in [0.717, 1.165) is 42.8 Å². The van der Waals surface area contributed by atoms with Crippen LogP contribution in [0, 0.1) is 11.3 Å². The maximum Gasteiger partial charge on any atom is 0.410 e. The van der Waals surface area contributed by atoms with E-state index in [9.17, 15) is 14.3 Å². The predicted octanol–water partition coefficient (Wildman–Crippen LogP) is 3.54. The first-order valence-corrected chi connectivity index (χ1v) is 14.1. The van der Waals surface area contributed by atoms with Crippen LogP contribution in [0.3, 0.4) is 0 Å². The lowest BCUT2D eigenvalue weighted by Crippen LogP contribution is -2.56. The fraction of sp³-hybridized carbons (Fsp3) is 0.556. The van der Waals surface area contributed by atoms with Gasteiger partial charge in [0.15, 0.2) is 0 Å². The minimum atomic E-state index is -1.32. The number of carbonyl (C=O) groups is 1. The Balaban J connectivity index is 1.48. The summed E-state index contributed by atoms with van der Waals surface area (Å²) in [5.41, 5.74) is 4.28. The number of piperazine rings is 1. The van der Waals surface area contributed by atoms with Crippen LogP contribution < -0.4 is 4.90 Å². The molecule has 1 amide bonds. The molecule has 2 heterocycles. The highest BCUT2D eigenvalue weighted by Gasteiger charge is 2.46. The van der Waals surface area contributed by atoms with E-state index in [1.807, 2.05) is 20.8 Å². The zero-order valence-electron chi connectivity index (χ0n) is 21.4. The highest BCUT2D eigenvalue weighted by molar-refractivity contribution is 7.84. The SMILES string of the molecule is CS(=O)c1nc2c(c(N3CCN(C(=O)OC(C)(C)C)[C@@H](CC#N)C3)n1)CC1(CCc3ccccc31)C2. The molecule has 2 unspecified atom stereocenters. The molecule has 1 fully saturated rings. The summed E-state index contributed by atoms with van der Waals surface area (Å²) in [6, 6.07) is 10.6. The van der Waals surface area contributed by atoms with Gasteiger partial charge in [-0.2, -0.15) is 5.26 Å². The van der Waals surface area contributed by atoms with E-state index in [1.54, 1.807) is 11.2 Å². The molecule has 2 aromatic rings. The molecule has 1 saturated heterocycles. The van der Waals surface area contributed by atoms with Crippen LogP contribution in [0.4, 0.5) is 10.6 Å². The third-order valence-electron chi connectivity index (χ3n) is 7.53. The fourth-order valence-electron chi connectivity index (χ4n) is 5.95. The van der Waals surface area contributed by atoms with E-state index in [-0.39, 0.29) is 17.9 Å². The lowest BCUT2D eigenvalue weighted by molar-refractivity contribution is 0.0145. The number of fused-ring (bicyclic) bond motifs is 3. The molecule has 190 valence electrons. The first kappa shape index (κ1) is 24.7. The molecule has 0 N–H and O–H groups in total. The minimum absolute atomic E-state index is 0.000601. The Bertz CT molecular complexity index is 1270. The number of rotatable bonds is 3. The van der Waals surface area contributed by atoms with Crippen molar-refractivity contribution >= 4 is 22.7 Å². The van der Waals surface area contributed by atoms with Crippen LogP contribution in [0.15, 0.2) is 29.4 Å². The molecular formula is C27H33N5O3S. The zero-order valence-corrected chi connectivity index (χ0v) is 22.2. The maximum atomic E-state index is 12.9. The van der Waals surface area contributed by atoms with Crippen molar-refractivity contribution in [1.82, 2.24) is 14.9 Å². The lowest BCUT2D eigenvalue weighted by atomic mass is 9.79. The number of benzene rings is 1. The van der Waals surface area contributed by atoms with Crippen molar-refractivity contribution in [3.63, 3.8) is 0 Å². The Hall–Kier alpha value is -2.99. The molecule has 1 spiro atoms. The van der Waals surface area contributed by atoms with Crippen LogP contribution in [0.1, 0.15) is 56.0 Å². The Kier molecular flexibility index (Phi) is 6.27. The average Bonchev–Trinajstić information content (AvgIpc) is 3.38. The second-order valence-corrected chi connectivity index (χ2v) is 12.4. The van der Waals surface area contributed by atoms with E-state index in [2.05, 4.69) is 35.2 Å². The van der Waals surface area contributed by atoms with Crippen molar-refractivity contribution in [2.45, 2.75) is 75.1 Å². The maximum absolute atomic E-state index is 12.9. The highest BCUT2D eigenvalue weighted by atomic mass is 32.2. The molecule has 1 aromatic carbocycles. The summed E-state index contributed by atoms with van der Waals surface area (Å²) in [7, 11) is -1.32. The van der Waals surface area contributed by atoms with E-state index in [0.29, 0.717) is 24.8 Å². The smallest absolute Gasteiger partial charge is 0.410 e. The van der Waals surface area contributed by atoms with Gasteiger partial charge in [0.25, 0.3) is 0 Å². The summed E-state index contributed by atoms with van der Waals surface area (Å²) in [5, 5.41) is 9.84. The van der Waals surface area contributed by atoms with Crippen LogP contribution in [-0.2, 0) is 40.2 Å². The molecule has 3 aliphatic rings. The molecule has 1 aliphatic heterocycles. The number of anilines is 1. The second-order valence-electron chi connectivity index (χ2n) is 11.1.